The molecule has 0 aromatic heterocycles. The van der Waals surface area contributed by atoms with Crippen molar-refractivity contribution in [1.82, 2.24) is 0 Å². The zero-order valence-corrected chi connectivity index (χ0v) is 16.5. The molecule has 2 saturated carbocycles. The second-order valence-electron chi connectivity index (χ2n) is 5.96. The smallest absolute Gasteiger partial charge is 0.0949 e. The van der Waals surface area contributed by atoms with E-state index in [1.165, 1.54) is 47.3 Å². The van der Waals surface area contributed by atoms with Gasteiger partial charge in [0.25, 0.3) is 0 Å². The second-order valence-corrected chi connectivity index (χ2v) is 5.96. The molecule has 1 heteroatoms. The van der Waals surface area contributed by atoms with Crippen LogP contribution in [0.2, 0.25) is 0 Å². The summed E-state index contributed by atoms with van der Waals surface area (Å²) in [5, 5.41) is 0. The predicted molar refractivity (Wildman–Crippen MR) is 89.6 cm³/mol. The van der Waals surface area contributed by atoms with E-state index in [9.17, 15) is 0 Å². The fourth-order valence-electron chi connectivity index (χ4n) is 2.59. The Labute approximate surface area is 148 Å². The first-order valence-corrected chi connectivity index (χ1v) is 7.21. The molecule has 0 atom stereocenters. The Kier molecular flexibility index (Phi) is 8.24. The molecule has 0 aliphatic heterocycles. The summed E-state index contributed by atoms with van der Waals surface area (Å²) < 4.78 is 0. The van der Waals surface area contributed by atoms with Crippen LogP contribution in [0.5, 0.6) is 0 Å². The third-order valence-corrected chi connectivity index (χ3v) is 5.21. The van der Waals surface area contributed by atoms with Gasteiger partial charge in [0.15, 0.2) is 0 Å². The summed E-state index contributed by atoms with van der Waals surface area (Å²) in [5.74, 6) is 11.3. The summed E-state index contributed by atoms with van der Waals surface area (Å²) in [6.45, 7) is 25.2. The molecule has 0 nitrogen and oxygen atoms in total. The largest absolute Gasteiger partial charge is 2.00 e. The van der Waals surface area contributed by atoms with Crippen molar-refractivity contribution < 1.29 is 21.7 Å². The van der Waals surface area contributed by atoms with Gasteiger partial charge in [0, 0.05) is 11.8 Å². The normalized spacial score (nSPS) is 25.3. The number of allylic oxidation sites excluding steroid dienone is 2. The summed E-state index contributed by atoms with van der Waals surface area (Å²) in [7, 11) is 0. The van der Waals surface area contributed by atoms with Crippen molar-refractivity contribution in [2.75, 3.05) is 0 Å². The van der Waals surface area contributed by atoms with Crippen molar-refractivity contribution in [3.8, 4) is 0 Å². The van der Waals surface area contributed by atoms with E-state index in [4.69, 9.17) is 0 Å². The van der Waals surface area contributed by atoms with E-state index in [0.29, 0.717) is 0 Å². The molecule has 0 amide bonds. The molecule has 2 aliphatic carbocycles. The minimum absolute atomic E-state index is 0. The topological polar surface area (TPSA) is 0 Å². The first-order chi connectivity index (χ1) is 9.11. The molecule has 0 N–H and O–H groups in total. The minimum Gasteiger partial charge on any atom is -0.0949 e. The first-order valence-electron chi connectivity index (χ1n) is 7.21. The number of hydrogen-bond donors (Lipinski definition) is 0. The molecule has 0 bridgehead atoms. The predicted octanol–water partition coefficient (Wildman–Crippen LogP) is 5.87. The molecular weight excluding hydrogens is 288 g/mol. The molecule has 0 aromatic rings. The summed E-state index contributed by atoms with van der Waals surface area (Å²) in [5.41, 5.74) is 2.21. The Morgan fingerprint density at radius 1 is 0.381 bits per heavy atom. The summed E-state index contributed by atoms with van der Waals surface area (Å²) >= 11 is 0. The SMILES string of the molecule is C=C1[C](C)[C](C)[C](C)C1=C.C[C]1[C](C)[C](C)[C](C)[C]1C.[Ti+2]. The van der Waals surface area contributed by atoms with Gasteiger partial charge in [0.2, 0.25) is 0 Å². The van der Waals surface area contributed by atoms with Gasteiger partial charge in [-0.15, -0.1) is 0 Å². The quantitative estimate of drug-likeness (QED) is 0.491. The van der Waals surface area contributed by atoms with Gasteiger partial charge in [-0.05, 0) is 46.7 Å². The van der Waals surface area contributed by atoms with Crippen LogP contribution in [0.1, 0.15) is 55.4 Å². The van der Waals surface area contributed by atoms with Crippen LogP contribution in [0.4, 0.5) is 0 Å². The zero-order valence-electron chi connectivity index (χ0n) is 14.9. The molecule has 8 radical (unpaired) electrons. The van der Waals surface area contributed by atoms with Gasteiger partial charge in [0.1, 0.15) is 0 Å². The van der Waals surface area contributed by atoms with Crippen molar-refractivity contribution in [2.45, 2.75) is 55.4 Å². The average molecular weight is 316 g/mol. The van der Waals surface area contributed by atoms with E-state index >= 15 is 0 Å². The van der Waals surface area contributed by atoms with E-state index in [1.54, 1.807) is 0 Å². The maximum atomic E-state index is 3.94. The van der Waals surface area contributed by atoms with Crippen LogP contribution in [0.3, 0.4) is 0 Å². The maximum absolute atomic E-state index is 3.94. The van der Waals surface area contributed by atoms with Crippen molar-refractivity contribution in [1.29, 1.82) is 0 Å². The molecule has 2 aliphatic rings. The first kappa shape index (κ1) is 21.2. The van der Waals surface area contributed by atoms with Crippen LogP contribution in [0.15, 0.2) is 24.3 Å². The van der Waals surface area contributed by atoms with E-state index < -0.39 is 0 Å². The summed E-state index contributed by atoms with van der Waals surface area (Å²) in [6.07, 6.45) is 0. The average Bonchev–Trinajstić information content (AvgIpc) is 2.71. The van der Waals surface area contributed by atoms with Crippen LogP contribution >= 0.6 is 0 Å². The van der Waals surface area contributed by atoms with Crippen molar-refractivity contribution in [3.63, 3.8) is 0 Å². The second kappa shape index (κ2) is 8.16. The Bertz CT molecular complexity index is 305. The molecule has 0 unspecified atom stereocenters. The summed E-state index contributed by atoms with van der Waals surface area (Å²) in [4.78, 5) is 0. The number of hydrogen-bond acceptors (Lipinski definition) is 0. The van der Waals surface area contributed by atoms with Gasteiger partial charge in [-0.3, -0.25) is 0 Å². The van der Waals surface area contributed by atoms with Crippen LogP contribution in [-0.2, 0) is 21.7 Å². The third kappa shape index (κ3) is 4.14. The van der Waals surface area contributed by atoms with Gasteiger partial charge in [-0.1, -0.05) is 68.5 Å². The van der Waals surface area contributed by atoms with Gasteiger partial charge in [-0.2, -0.15) is 0 Å². The minimum atomic E-state index is 0. The number of rotatable bonds is 0. The van der Waals surface area contributed by atoms with E-state index in [-0.39, 0.29) is 21.7 Å². The monoisotopic (exact) mass is 316 g/mol. The molecule has 0 saturated heterocycles. The van der Waals surface area contributed by atoms with Crippen molar-refractivity contribution in [2.24, 2.45) is 0 Å². The van der Waals surface area contributed by atoms with E-state index in [0.717, 1.165) is 11.1 Å². The Morgan fingerprint density at radius 3 is 0.619 bits per heavy atom. The fraction of sp³-hybridized carbons (Fsp3) is 0.400. The molecule has 110 valence electrons. The zero-order chi connectivity index (χ0) is 15.8. The van der Waals surface area contributed by atoms with Crippen molar-refractivity contribution in [3.05, 3.63) is 71.6 Å². The van der Waals surface area contributed by atoms with Gasteiger partial charge >= 0.3 is 21.7 Å². The van der Waals surface area contributed by atoms with Crippen molar-refractivity contribution >= 4 is 0 Å². The Morgan fingerprint density at radius 2 is 0.524 bits per heavy atom. The summed E-state index contributed by atoms with van der Waals surface area (Å²) in [6, 6.07) is 0. The molecular formula is C20H28Ti+2. The van der Waals surface area contributed by atoms with Crippen LogP contribution in [-0.4, -0.2) is 0 Å². The molecule has 21 heavy (non-hydrogen) atoms. The third-order valence-electron chi connectivity index (χ3n) is 5.21. The van der Waals surface area contributed by atoms with Gasteiger partial charge in [0.05, 0.1) is 0 Å². The fourth-order valence-corrected chi connectivity index (χ4v) is 2.59. The molecule has 2 fully saturated rings. The standard InChI is InChI=1S/C10H15.C10H13.Ti/c2*1-6-7(2)9(4)10(5)8(6)3;/h1-5H3;1-2H2,3-5H3;/q;;+2. The van der Waals surface area contributed by atoms with E-state index in [2.05, 4.69) is 68.5 Å². The van der Waals surface area contributed by atoms with Gasteiger partial charge in [-0.25, -0.2) is 0 Å². The van der Waals surface area contributed by atoms with Crippen LogP contribution in [0.25, 0.3) is 0 Å². The Hall–Kier alpha value is 0.194. The van der Waals surface area contributed by atoms with Crippen LogP contribution < -0.4 is 0 Å². The molecule has 0 aromatic carbocycles. The maximum Gasteiger partial charge on any atom is 2.00 e. The van der Waals surface area contributed by atoms with E-state index in [1.807, 2.05) is 0 Å². The molecule has 0 spiro atoms. The molecule has 0 heterocycles. The van der Waals surface area contributed by atoms with Crippen LogP contribution in [0, 0.1) is 47.3 Å². The molecule has 2 rings (SSSR count). The Balaban J connectivity index is 0.000000364. The van der Waals surface area contributed by atoms with Gasteiger partial charge < -0.3 is 0 Å².